The van der Waals surface area contributed by atoms with Gasteiger partial charge in [-0.05, 0) is 30.9 Å². The smallest absolute Gasteiger partial charge is 0.350 e. The molecular weight excluding hydrogens is 291 g/mol. The Bertz CT molecular complexity index is 491. The molecule has 0 bridgehead atoms. The minimum atomic E-state index is -4.48. The van der Waals surface area contributed by atoms with Gasteiger partial charge in [-0.25, -0.2) is 4.98 Å². The molecule has 1 aromatic rings. The van der Waals surface area contributed by atoms with Gasteiger partial charge in [-0.2, -0.15) is 13.2 Å². The molecule has 1 unspecified atom stereocenters. The number of thioether (sulfide) groups is 1. The maximum atomic E-state index is 12.4. The van der Waals surface area contributed by atoms with E-state index in [0.29, 0.717) is 5.92 Å². The fraction of sp³-hybridized carbons (Fsp3) is 0.500. The maximum absolute atomic E-state index is 12.4. The molecule has 0 aliphatic heterocycles. The Morgan fingerprint density at radius 2 is 2.25 bits per heavy atom. The predicted octanol–water partition coefficient (Wildman–Crippen LogP) is 2.16. The summed E-state index contributed by atoms with van der Waals surface area (Å²) in [6, 6.07) is 2.60. The first-order chi connectivity index (χ1) is 9.37. The number of amides is 1. The number of halogens is 3. The topological polar surface area (TPSA) is 68.0 Å². The normalized spacial score (nSPS) is 16.8. The second-order valence-corrected chi connectivity index (χ2v) is 5.67. The van der Waals surface area contributed by atoms with Gasteiger partial charge in [0.1, 0.15) is 5.03 Å². The standard InChI is InChI=1S/C12H14F3N3OS/c13-12(14,15)20-11-8(2-1-5-17-11)10(19)18-6-9(16)7-3-4-7/h1-2,5,7,9H,3-4,6,16H2,(H,18,19). The summed E-state index contributed by atoms with van der Waals surface area (Å²) in [5.74, 6) is -0.172. The van der Waals surface area contributed by atoms with Crippen molar-refractivity contribution in [3.63, 3.8) is 0 Å². The lowest BCUT2D eigenvalue weighted by Gasteiger charge is -2.13. The number of carbonyl (C=O) groups excluding carboxylic acids is 1. The summed E-state index contributed by atoms with van der Waals surface area (Å²) in [7, 11) is 0. The second-order valence-electron chi connectivity index (χ2n) is 4.62. The van der Waals surface area contributed by atoms with E-state index in [0.717, 1.165) is 12.8 Å². The number of nitrogens with one attached hydrogen (secondary N) is 1. The first kappa shape index (κ1) is 15.1. The molecule has 4 nitrogen and oxygen atoms in total. The third-order valence-corrected chi connectivity index (χ3v) is 3.70. The number of hydrogen-bond donors (Lipinski definition) is 2. The van der Waals surface area contributed by atoms with Crippen LogP contribution in [0.5, 0.6) is 0 Å². The van der Waals surface area contributed by atoms with Crippen molar-refractivity contribution in [1.29, 1.82) is 0 Å². The van der Waals surface area contributed by atoms with Gasteiger partial charge in [0, 0.05) is 30.5 Å². The van der Waals surface area contributed by atoms with Crippen molar-refractivity contribution in [2.75, 3.05) is 6.54 Å². The summed E-state index contributed by atoms with van der Waals surface area (Å²) < 4.78 is 37.2. The molecule has 1 atom stereocenters. The van der Waals surface area contributed by atoms with E-state index in [1.165, 1.54) is 18.3 Å². The molecule has 1 saturated carbocycles. The van der Waals surface area contributed by atoms with Gasteiger partial charge < -0.3 is 11.1 Å². The quantitative estimate of drug-likeness (QED) is 0.818. The molecule has 1 heterocycles. The third kappa shape index (κ3) is 4.38. The highest BCUT2D eigenvalue weighted by atomic mass is 32.2. The zero-order valence-corrected chi connectivity index (χ0v) is 11.3. The summed E-state index contributed by atoms with van der Waals surface area (Å²) in [5.41, 5.74) is 1.27. The van der Waals surface area contributed by atoms with Crippen LogP contribution in [-0.4, -0.2) is 29.0 Å². The van der Waals surface area contributed by atoms with Crippen molar-refractivity contribution in [2.24, 2.45) is 11.7 Å². The Labute approximate surface area is 118 Å². The van der Waals surface area contributed by atoms with Crippen molar-refractivity contribution < 1.29 is 18.0 Å². The van der Waals surface area contributed by atoms with Gasteiger partial charge in [-0.1, -0.05) is 0 Å². The summed E-state index contributed by atoms with van der Waals surface area (Å²) in [4.78, 5) is 15.5. The van der Waals surface area contributed by atoms with Crippen LogP contribution < -0.4 is 11.1 Å². The molecule has 0 spiro atoms. The summed E-state index contributed by atoms with van der Waals surface area (Å²) in [6.45, 7) is 0.258. The second kappa shape index (κ2) is 6.01. The van der Waals surface area contributed by atoms with Crippen molar-refractivity contribution in [1.82, 2.24) is 10.3 Å². The van der Waals surface area contributed by atoms with Gasteiger partial charge >= 0.3 is 5.51 Å². The number of hydrogen-bond acceptors (Lipinski definition) is 4. The number of pyridine rings is 1. The molecule has 20 heavy (non-hydrogen) atoms. The average molecular weight is 305 g/mol. The molecule has 1 fully saturated rings. The molecule has 110 valence electrons. The first-order valence-electron chi connectivity index (χ1n) is 6.11. The number of alkyl halides is 3. The zero-order valence-electron chi connectivity index (χ0n) is 10.5. The van der Waals surface area contributed by atoms with Crippen LogP contribution in [0.2, 0.25) is 0 Å². The van der Waals surface area contributed by atoms with Crippen LogP contribution in [0, 0.1) is 5.92 Å². The van der Waals surface area contributed by atoms with E-state index in [1.54, 1.807) is 0 Å². The van der Waals surface area contributed by atoms with Gasteiger partial charge in [0.2, 0.25) is 0 Å². The number of nitrogens with two attached hydrogens (primary N) is 1. The van der Waals surface area contributed by atoms with Gasteiger partial charge in [0.25, 0.3) is 5.91 Å². The van der Waals surface area contributed by atoms with Crippen LogP contribution in [0.15, 0.2) is 23.4 Å². The van der Waals surface area contributed by atoms with Gasteiger partial charge in [-0.3, -0.25) is 4.79 Å². The summed E-state index contributed by atoms with van der Waals surface area (Å²) >= 11 is -0.395. The Hall–Kier alpha value is -1.28. The third-order valence-electron chi connectivity index (χ3n) is 2.95. The summed E-state index contributed by atoms with van der Waals surface area (Å²) in [5, 5.41) is 2.21. The molecule has 0 aromatic carbocycles. The number of aromatic nitrogens is 1. The number of nitrogens with zero attached hydrogens (tertiary/aromatic N) is 1. The van der Waals surface area contributed by atoms with Crippen molar-refractivity contribution in [2.45, 2.75) is 29.4 Å². The minimum Gasteiger partial charge on any atom is -0.350 e. The highest BCUT2D eigenvalue weighted by Crippen LogP contribution is 2.37. The molecule has 1 aliphatic rings. The SMILES string of the molecule is NC(CNC(=O)c1cccnc1SC(F)(F)F)C1CC1. The van der Waals surface area contributed by atoms with E-state index in [-0.39, 0.29) is 23.2 Å². The molecular formula is C12H14F3N3OS. The zero-order chi connectivity index (χ0) is 14.8. The van der Waals surface area contributed by atoms with Crippen molar-refractivity contribution in [3.8, 4) is 0 Å². The molecule has 1 amide bonds. The van der Waals surface area contributed by atoms with Crippen LogP contribution in [0.25, 0.3) is 0 Å². The van der Waals surface area contributed by atoms with E-state index >= 15 is 0 Å². The van der Waals surface area contributed by atoms with E-state index in [2.05, 4.69) is 10.3 Å². The minimum absolute atomic E-state index is 0.0854. The number of rotatable bonds is 5. The molecule has 0 radical (unpaired) electrons. The lowest BCUT2D eigenvalue weighted by atomic mass is 10.2. The van der Waals surface area contributed by atoms with Crippen LogP contribution in [0.1, 0.15) is 23.2 Å². The lowest BCUT2D eigenvalue weighted by Crippen LogP contribution is -2.38. The van der Waals surface area contributed by atoms with Crippen LogP contribution in [0.4, 0.5) is 13.2 Å². The highest BCUT2D eigenvalue weighted by Gasteiger charge is 2.33. The van der Waals surface area contributed by atoms with Crippen molar-refractivity contribution in [3.05, 3.63) is 23.9 Å². The molecule has 1 aliphatic carbocycles. The lowest BCUT2D eigenvalue weighted by molar-refractivity contribution is -0.0329. The van der Waals surface area contributed by atoms with Gasteiger partial charge in [0.15, 0.2) is 0 Å². The largest absolute Gasteiger partial charge is 0.447 e. The fourth-order valence-electron chi connectivity index (χ4n) is 1.75. The Kier molecular flexibility index (Phi) is 4.54. The predicted molar refractivity (Wildman–Crippen MR) is 69.2 cm³/mol. The first-order valence-corrected chi connectivity index (χ1v) is 6.93. The van der Waals surface area contributed by atoms with Crippen molar-refractivity contribution >= 4 is 17.7 Å². The average Bonchev–Trinajstić information content (AvgIpc) is 3.18. The maximum Gasteiger partial charge on any atom is 0.447 e. The van der Waals surface area contributed by atoms with Gasteiger partial charge in [-0.15, -0.1) is 0 Å². The molecule has 1 aromatic heterocycles. The Morgan fingerprint density at radius 3 is 2.85 bits per heavy atom. The molecule has 3 N–H and O–H groups in total. The molecule has 8 heteroatoms. The Morgan fingerprint density at radius 1 is 1.55 bits per heavy atom. The van der Waals surface area contributed by atoms with E-state index in [9.17, 15) is 18.0 Å². The van der Waals surface area contributed by atoms with Crippen LogP contribution in [-0.2, 0) is 0 Å². The van der Waals surface area contributed by atoms with Gasteiger partial charge in [0.05, 0.1) is 5.56 Å². The van der Waals surface area contributed by atoms with E-state index < -0.39 is 23.2 Å². The fourth-order valence-corrected chi connectivity index (χ4v) is 2.35. The summed E-state index contributed by atoms with van der Waals surface area (Å²) in [6.07, 6.45) is 3.30. The Balaban J connectivity index is 2.01. The van der Waals surface area contributed by atoms with E-state index in [1.807, 2.05) is 0 Å². The highest BCUT2D eigenvalue weighted by molar-refractivity contribution is 8.00. The van der Waals surface area contributed by atoms with E-state index in [4.69, 9.17) is 5.73 Å². The molecule has 0 saturated heterocycles. The number of carbonyl (C=O) groups is 1. The van der Waals surface area contributed by atoms with Crippen LogP contribution in [0.3, 0.4) is 0 Å². The van der Waals surface area contributed by atoms with Crippen LogP contribution >= 0.6 is 11.8 Å². The monoisotopic (exact) mass is 305 g/mol. The molecule has 2 rings (SSSR count).